The van der Waals surface area contributed by atoms with Crippen molar-refractivity contribution in [3.8, 4) is 11.4 Å². The molecule has 0 saturated carbocycles. The molecule has 0 atom stereocenters. The van der Waals surface area contributed by atoms with E-state index in [1.54, 1.807) is 31.2 Å². The third-order valence-corrected chi connectivity index (χ3v) is 3.66. The van der Waals surface area contributed by atoms with E-state index in [9.17, 15) is 27.9 Å². The molecular weight excluding hydrogens is 363 g/mol. The number of amides is 1. The zero-order valence-corrected chi connectivity index (χ0v) is 13.8. The molecular formula is C18H12F3N3O3. The molecule has 6 nitrogen and oxygen atoms in total. The zero-order chi connectivity index (χ0) is 19.7. The molecule has 3 aromatic rings. The van der Waals surface area contributed by atoms with Crippen molar-refractivity contribution in [1.29, 1.82) is 0 Å². The lowest BCUT2D eigenvalue weighted by atomic mass is 10.2. The third-order valence-electron chi connectivity index (χ3n) is 3.66. The van der Waals surface area contributed by atoms with Crippen LogP contribution in [-0.2, 0) is 0 Å². The van der Waals surface area contributed by atoms with E-state index in [0.29, 0.717) is 11.8 Å². The number of hydrogen-bond acceptors (Lipinski definition) is 4. The number of halogens is 3. The topological polar surface area (TPSA) is 84.2 Å². The van der Waals surface area contributed by atoms with Gasteiger partial charge >= 0.3 is 0 Å². The summed E-state index contributed by atoms with van der Waals surface area (Å²) in [5, 5.41) is 15.7. The third kappa shape index (κ3) is 3.52. The fourth-order valence-electron chi connectivity index (χ4n) is 2.36. The molecule has 0 saturated heterocycles. The molecule has 1 heterocycles. The van der Waals surface area contributed by atoms with Crippen LogP contribution in [0.3, 0.4) is 0 Å². The number of rotatable bonds is 3. The summed E-state index contributed by atoms with van der Waals surface area (Å²) >= 11 is 0. The number of anilines is 1. The Morgan fingerprint density at radius 2 is 1.85 bits per heavy atom. The summed E-state index contributed by atoms with van der Waals surface area (Å²) < 4.78 is 40.9. The molecule has 1 aromatic heterocycles. The van der Waals surface area contributed by atoms with Gasteiger partial charge in [0.1, 0.15) is 0 Å². The lowest BCUT2D eigenvalue weighted by molar-refractivity contribution is 0.101. The first-order valence-corrected chi connectivity index (χ1v) is 7.63. The summed E-state index contributed by atoms with van der Waals surface area (Å²) in [5.41, 5.74) is -0.778. The van der Waals surface area contributed by atoms with Gasteiger partial charge in [-0.25, -0.2) is 13.2 Å². The summed E-state index contributed by atoms with van der Waals surface area (Å²) in [6.45, 7) is 1.79. The van der Waals surface area contributed by atoms with Gasteiger partial charge in [-0.2, -0.15) is 9.78 Å². The van der Waals surface area contributed by atoms with Gasteiger partial charge in [0.25, 0.3) is 11.5 Å². The number of aromatic nitrogens is 2. The van der Waals surface area contributed by atoms with Crippen molar-refractivity contribution < 1.29 is 23.1 Å². The number of carbonyl (C=O) groups is 1. The Bertz CT molecular complexity index is 1110. The smallest absolute Gasteiger partial charge is 0.280 e. The fourth-order valence-corrected chi connectivity index (χ4v) is 2.36. The van der Waals surface area contributed by atoms with Gasteiger partial charge in [-0.15, -0.1) is 0 Å². The van der Waals surface area contributed by atoms with Crippen LogP contribution in [0, 0.1) is 24.4 Å². The molecule has 0 spiro atoms. The van der Waals surface area contributed by atoms with Gasteiger partial charge in [0.05, 0.1) is 11.4 Å². The Morgan fingerprint density at radius 3 is 2.56 bits per heavy atom. The molecule has 2 N–H and O–H groups in total. The van der Waals surface area contributed by atoms with E-state index in [1.807, 2.05) is 5.32 Å². The van der Waals surface area contributed by atoms with Crippen LogP contribution in [0.1, 0.15) is 16.1 Å². The van der Waals surface area contributed by atoms with E-state index in [2.05, 4.69) is 5.10 Å². The fraction of sp³-hybridized carbons (Fsp3) is 0.0556. The van der Waals surface area contributed by atoms with Crippen molar-refractivity contribution in [3.05, 3.63) is 81.5 Å². The second kappa shape index (κ2) is 6.94. The zero-order valence-electron chi connectivity index (χ0n) is 13.8. The molecule has 0 aliphatic heterocycles. The Kier molecular flexibility index (Phi) is 4.68. The first-order valence-electron chi connectivity index (χ1n) is 7.63. The Hall–Kier alpha value is -3.62. The highest BCUT2D eigenvalue weighted by atomic mass is 19.2. The second-order valence-electron chi connectivity index (χ2n) is 5.64. The van der Waals surface area contributed by atoms with Gasteiger partial charge in [-0.1, -0.05) is 12.1 Å². The first-order chi connectivity index (χ1) is 12.8. The van der Waals surface area contributed by atoms with E-state index in [4.69, 9.17) is 0 Å². The van der Waals surface area contributed by atoms with E-state index in [1.165, 1.54) is 0 Å². The highest BCUT2D eigenvalue weighted by molar-refractivity contribution is 6.04. The number of aryl methyl sites for hydroxylation is 1. The number of carbonyl (C=O) groups excluding carboxylic acids is 1. The van der Waals surface area contributed by atoms with Crippen molar-refractivity contribution in [2.24, 2.45) is 0 Å². The molecule has 2 aromatic carbocycles. The van der Waals surface area contributed by atoms with Crippen LogP contribution in [0.4, 0.5) is 18.9 Å². The molecule has 0 bridgehead atoms. The summed E-state index contributed by atoms with van der Waals surface area (Å²) in [4.78, 5) is 24.4. The van der Waals surface area contributed by atoms with Crippen molar-refractivity contribution in [2.45, 2.75) is 6.92 Å². The highest BCUT2D eigenvalue weighted by Gasteiger charge is 2.20. The Morgan fingerprint density at radius 1 is 1.11 bits per heavy atom. The summed E-state index contributed by atoms with van der Waals surface area (Å²) in [6.07, 6.45) is 0. The molecule has 0 unspecified atom stereocenters. The number of nitrogens with one attached hydrogen (secondary N) is 1. The molecule has 9 heteroatoms. The van der Waals surface area contributed by atoms with E-state index >= 15 is 0 Å². The largest absolute Gasteiger partial charge is 0.505 e. The number of aromatic hydroxyl groups is 1. The lowest BCUT2D eigenvalue weighted by Gasteiger charge is -2.10. The molecule has 3 rings (SSSR count). The van der Waals surface area contributed by atoms with E-state index in [-0.39, 0.29) is 0 Å². The van der Waals surface area contributed by atoms with E-state index < -0.39 is 46.0 Å². The second-order valence-corrected chi connectivity index (χ2v) is 5.64. The van der Waals surface area contributed by atoms with Crippen LogP contribution >= 0.6 is 0 Å². The van der Waals surface area contributed by atoms with E-state index in [0.717, 1.165) is 22.4 Å². The average molecular weight is 375 g/mol. The van der Waals surface area contributed by atoms with Crippen LogP contribution < -0.4 is 10.9 Å². The number of benzene rings is 2. The van der Waals surface area contributed by atoms with Crippen molar-refractivity contribution in [2.75, 3.05) is 5.32 Å². The monoisotopic (exact) mass is 375 g/mol. The van der Waals surface area contributed by atoms with Gasteiger partial charge in [-0.05, 0) is 36.8 Å². The van der Waals surface area contributed by atoms with Crippen LogP contribution in [0.2, 0.25) is 0 Å². The van der Waals surface area contributed by atoms with Gasteiger partial charge < -0.3 is 10.4 Å². The quantitative estimate of drug-likeness (QED) is 0.690. The SMILES string of the molecule is Cc1cccc(-n2nc(C(=O)Nc3ccc(F)c(F)c3F)c(O)cc2=O)c1. The van der Waals surface area contributed by atoms with Crippen molar-refractivity contribution in [1.82, 2.24) is 9.78 Å². The van der Waals surface area contributed by atoms with Crippen LogP contribution in [0.15, 0.2) is 47.3 Å². The predicted octanol–water partition coefficient (Wildman–Crippen LogP) is 2.92. The van der Waals surface area contributed by atoms with Gasteiger partial charge in [0.15, 0.2) is 28.9 Å². The Labute approximate surface area is 150 Å². The lowest BCUT2D eigenvalue weighted by Crippen LogP contribution is -2.25. The minimum absolute atomic E-state index is 0.341. The molecule has 0 aliphatic carbocycles. The molecule has 1 amide bonds. The number of hydrogen-bond donors (Lipinski definition) is 2. The van der Waals surface area contributed by atoms with Crippen LogP contribution in [0.5, 0.6) is 5.75 Å². The standard InChI is InChI=1S/C18H12F3N3O3/c1-9-3-2-4-10(7-9)24-14(26)8-13(25)17(23-24)18(27)22-12-6-5-11(19)15(20)16(12)21/h2-8,25H,1H3,(H,22,27). The maximum absolute atomic E-state index is 13.7. The normalized spacial score (nSPS) is 10.7. The van der Waals surface area contributed by atoms with Gasteiger partial charge in [0.2, 0.25) is 0 Å². The van der Waals surface area contributed by atoms with Crippen LogP contribution in [0.25, 0.3) is 5.69 Å². The maximum atomic E-state index is 13.7. The van der Waals surface area contributed by atoms with Crippen molar-refractivity contribution in [3.63, 3.8) is 0 Å². The molecule has 0 radical (unpaired) electrons. The highest BCUT2D eigenvalue weighted by Crippen LogP contribution is 2.21. The number of nitrogens with zero attached hydrogens (tertiary/aromatic N) is 2. The summed E-state index contributed by atoms with van der Waals surface area (Å²) in [6, 6.07) is 8.87. The van der Waals surface area contributed by atoms with Gasteiger partial charge in [-0.3, -0.25) is 9.59 Å². The summed E-state index contributed by atoms with van der Waals surface area (Å²) in [5.74, 6) is -6.63. The predicted molar refractivity (Wildman–Crippen MR) is 90.5 cm³/mol. The van der Waals surface area contributed by atoms with Crippen LogP contribution in [-0.4, -0.2) is 20.8 Å². The minimum Gasteiger partial charge on any atom is -0.505 e. The summed E-state index contributed by atoms with van der Waals surface area (Å²) in [7, 11) is 0. The average Bonchev–Trinajstić information content (AvgIpc) is 2.62. The van der Waals surface area contributed by atoms with Gasteiger partial charge in [0, 0.05) is 6.07 Å². The minimum atomic E-state index is -1.75. The molecule has 0 fully saturated rings. The van der Waals surface area contributed by atoms with Crippen molar-refractivity contribution >= 4 is 11.6 Å². The first kappa shape index (κ1) is 18.2. The molecule has 27 heavy (non-hydrogen) atoms. The maximum Gasteiger partial charge on any atom is 0.280 e. The molecule has 0 aliphatic rings. The molecule has 138 valence electrons. The Balaban J connectivity index is 2.02.